The van der Waals surface area contributed by atoms with Gasteiger partial charge in [0.15, 0.2) is 0 Å². The fraction of sp³-hybridized carbons (Fsp3) is 0.636. The first-order valence-corrected chi connectivity index (χ1v) is 5.74. The Kier molecular flexibility index (Phi) is 4.87. The lowest BCUT2D eigenvalue weighted by Gasteiger charge is -2.38. The van der Waals surface area contributed by atoms with E-state index in [2.05, 4.69) is 5.32 Å². The lowest BCUT2D eigenvalue weighted by molar-refractivity contribution is -0.141. The maximum absolute atomic E-state index is 11.1. The third-order valence-corrected chi connectivity index (χ3v) is 2.81. The largest absolute Gasteiger partial charge is 0.479 e. The van der Waals surface area contributed by atoms with Crippen molar-refractivity contribution in [3.05, 3.63) is 11.8 Å². The van der Waals surface area contributed by atoms with Crippen molar-refractivity contribution in [1.29, 1.82) is 0 Å². The van der Waals surface area contributed by atoms with Crippen LogP contribution in [0.3, 0.4) is 0 Å². The number of carboxylic acids is 1. The summed E-state index contributed by atoms with van der Waals surface area (Å²) in [6, 6.07) is -1.89. The Hall–Kier alpha value is -1.64. The van der Waals surface area contributed by atoms with E-state index in [1.807, 2.05) is 0 Å². The topological polar surface area (TPSA) is 142 Å². The molecule has 1 rings (SSSR count). The third-order valence-electron chi connectivity index (χ3n) is 2.81. The maximum Gasteiger partial charge on any atom is 0.370 e. The van der Waals surface area contributed by atoms with Crippen molar-refractivity contribution in [3.8, 4) is 0 Å². The van der Waals surface area contributed by atoms with Crippen LogP contribution in [0.1, 0.15) is 13.8 Å². The van der Waals surface area contributed by atoms with Crippen molar-refractivity contribution in [2.24, 2.45) is 5.73 Å². The Morgan fingerprint density at radius 3 is 2.53 bits per heavy atom. The summed E-state index contributed by atoms with van der Waals surface area (Å²) >= 11 is 0. The molecule has 1 aliphatic rings. The van der Waals surface area contributed by atoms with Crippen molar-refractivity contribution in [2.45, 2.75) is 44.2 Å². The quantitative estimate of drug-likeness (QED) is 0.396. The normalized spacial score (nSPS) is 29.7. The van der Waals surface area contributed by atoms with Gasteiger partial charge < -0.3 is 31.1 Å². The van der Waals surface area contributed by atoms with Crippen LogP contribution in [0.15, 0.2) is 11.8 Å². The van der Waals surface area contributed by atoms with Crippen LogP contribution in [0, 0.1) is 0 Å². The second-order valence-corrected chi connectivity index (χ2v) is 4.45. The van der Waals surface area contributed by atoms with Crippen molar-refractivity contribution < 1.29 is 29.6 Å². The number of aliphatic carboxylic acids is 1. The number of nitrogens with two attached hydrogens (primary N) is 1. The van der Waals surface area contributed by atoms with Crippen LogP contribution < -0.4 is 11.1 Å². The average Bonchev–Trinajstić information content (AvgIpc) is 2.29. The van der Waals surface area contributed by atoms with E-state index in [4.69, 9.17) is 15.6 Å². The molecule has 19 heavy (non-hydrogen) atoms. The number of aliphatic hydroxyl groups excluding tert-OH is 2. The minimum absolute atomic E-state index is 0.428. The molecule has 1 amide bonds. The van der Waals surface area contributed by atoms with Gasteiger partial charge >= 0.3 is 5.97 Å². The molecular formula is C11H18N2O6. The van der Waals surface area contributed by atoms with Gasteiger partial charge in [0.25, 0.3) is 0 Å². The minimum atomic E-state index is -1.36. The van der Waals surface area contributed by atoms with Crippen LogP contribution in [0.2, 0.25) is 0 Å². The van der Waals surface area contributed by atoms with Crippen LogP contribution in [0.4, 0.5) is 0 Å². The van der Waals surface area contributed by atoms with Crippen LogP contribution >= 0.6 is 0 Å². The van der Waals surface area contributed by atoms with Gasteiger partial charge in [-0.15, -0.1) is 0 Å². The Balaban J connectivity index is 2.99. The van der Waals surface area contributed by atoms with Crippen LogP contribution in [0.25, 0.3) is 0 Å². The van der Waals surface area contributed by atoms with Crippen LogP contribution in [-0.4, -0.2) is 57.6 Å². The number of hydrogen-bond donors (Lipinski definition) is 5. The van der Waals surface area contributed by atoms with Gasteiger partial charge in [-0.25, -0.2) is 4.79 Å². The predicted molar refractivity (Wildman–Crippen MR) is 63.9 cm³/mol. The number of rotatable bonds is 4. The molecule has 1 unspecified atom stereocenters. The molecule has 8 heteroatoms. The Morgan fingerprint density at radius 1 is 1.53 bits per heavy atom. The number of carbonyl (C=O) groups is 2. The zero-order valence-electron chi connectivity index (χ0n) is 10.6. The zero-order chi connectivity index (χ0) is 14.7. The molecule has 1 heterocycles. The maximum atomic E-state index is 11.1. The molecule has 108 valence electrons. The number of hydrogen-bond acceptors (Lipinski definition) is 6. The van der Waals surface area contributed by atoms with Crippen molar-refractivity contribution in [2.75, 3.05) is 0 Å². The summed E-state index contributed by atoms with van der Waals surface area (Å²) in [6.45, 7) is 2.65. The van der Waals surface area contributed by atoms with E-state index in [9.17, 15) is 19.8 Å². The summed E-state index contributed by atoms with van der Waals surface area (Å²) in [6.07, 6.45) is -2.33. The molecule has 0 aromatic heterocycles. The van der Waals surface area contributed by atoms with Gasteiger partial charge in [-0.2, -0.15) is 0 Å². The summed E-state index contributed by atoms with van der Waals surface area (Å²) in [4.78, 5) is 22.0. The van der Waals surface area contributed by atoms with Crippen LogP contribution in [-0.2, 0) is 14.3 Å². The van der Waals surface area contributed by atoms with Gasteiger partial charge in [0.1, 0.15) is 6.10 Å². The Bertz CT molecular complexity index is 395. The van der Waals surface area contributed by atoms with E-state index in [0.717, 1.165) is 6.08 Å². The van der Waals surface area contributed by atoms with Gasteiger partial charge in [0.05, 0.1) is 24.3 Å². The van der Waals surface area contributed by atoms with Crippen molar-refractivity contribution in [3.63, 3.8) is 0 Å². The summed E-state index contributed by atoms with van der Waals surface area (Å²) < 4.78 is 5.16. The molecule has 8 nitrogen and oxygen atoms in total. The molecular weight excluding hydrogens is 256 g/mol. The number of ether oxygens (including phenoxy) is 1. The molecule has 0 aliphatic carbocycles. The Morgan fingerprint density at radius 2 is 2.11 bits per heavy atom. The smallest absolute Gasteiger partial charge is 0.370 e. The van der Waals surface area contributed by atoms with E-state index in [-0.39, 0.29) is 0 Å². The molecule has 0 fully saturated rings. The van der Waals surface area contributed by atoms with Gasteiger partial charge in [-0.3, -0.25) is 4.79 Å². The first kappa shape index (κ1) is 15.4. The molecule has 0 radical (unpaired) electrons. The summed E-state index contributed by atoms with van der Waals surface area (Å²) in [5, 5.41) is 30.6. The fourth-order valence-corrected chi connectivity index (χ4v) is 1.87. The second-order valence-electron chi connectivity index (χ2n) is 4.45. The molecule has 0 aromatic carbocycles. The number of carbonyl (C=O) groups excluding carboxylic acids is 1. The molecule has 0 saturated carbocycles. The molecule has 6 N–H and O–H groups in total. The van der Waals surface area contributed by atoms with Crippen molar-refractivity contribution in [1.82, 2.24) is 5.32 Å². The highest BCUT2D eigenvalue weighted by Gasteiger charge is 2.40. The molecule has 5 atom stereocenters. The average molecular weight is 274 g/mol. The van der Waals surface area contributed by atoms with E-state index >= 15 is 0 Å². The highest BCUT2D eigenvalue weighted by molar-refractivity contribution is 5.84. The molecule has 0 spiro atoms. The van der Waals surface area contributed by atoms with E-state index in [1.165, 1.54) is 13.8 Å². The highest BCUT2D eigenvalue weighted by atomic mass is 16.5. The van der Waals surface area contributed by atoms with Crippen molar-refractivity contribution >= 4 is 11.9 Å². The molecule has 1 aliphatic heterocycles. The monoisotopic (exact) mass is 274 g/mol. The molecule has 0 saturated heterocycles. The first-order valence-electron chi connectivity index (χ1n) is 5.74. The molecule has 0 bridgehead atoms. The summed E-state index contributed by atoms with van der Waals surface area (Å²) in [5.41, 5.74) is 5.72. The van der Waals surface area contributed by atoms with Gasteiger partial charge in [0, 0.05) is 6.92 Å². The lowest BCUT2D eigenvalue weighted by atomic mass is 9.93. The lowest BCUT2D eigenvalue weighted by Crippen LogP contribution is -2.61. The number of carboxylic acid groups (broad SMARTS) is 1. The number of aliphatic hydroxyl groups is 2. The van der Waals surface area contributed by atoms with Gasteiger partial charge in [-0.1, -0.05) is 0 Å². The Labute approximate surface area is 109 Å². The second kappa shape index (κ2) is 6.00. The zero-order valence-corrected chi connectivity index (χ0v) is 10.6. The number of amides is 1. The fourth-order valence-electron chi connectivity index (χ4n) is 1.87. The SMILES string of the molecule is CC(=O)N[C@@H](C1OC(C(=O)O)=C[C@@H](O)[C@H]1N)[C@@H](C)O. The van der Waals surface area contributed by atoms with E-state index in [0.29, 0.717) is 0 Å². The first-order chi connectivity index (χ1) is 8.73. The van der Waals surface area contributed by atoms with E-state index < -0.39 is 48.0 Å². The van der Waals surface area contributed by atoms with E-state index in [1.54, 1.807) is 0 Å². The number of nitrogens with one attached hydrogen (secondary N) is 1. The highest BCUT2D eigenvalue weighted by Crippen LogP contribution is 2.21. The predicted octanol–water partition coefficient (Wildman–Crippen LogP) is -2.07. The summed E-state index contributed by atoms with van der Waals surface area (Å²) in [7, 11) is 0. The van der Waals surface area contributed by atoms with Crippen LogP contribution in [0.5, 0.6) is 0 Å². The third kappa shape index (κ3) is 3.66. The minimum Gasteiger partial charge on any atom is -0.479 e. The molecule has 0 aromatic rings. The van der Waals surface area contributed by atoms with Gasteiger partial charge in [-0.05, 0) is 13.0 Å². The standard InChI is InChI=1S/C11H18N2O6/c1-4(14)9(13-5(2)15)10-8(12)6(16)3-7(19-10)11(17)18/h3-4,6,8-10,14,16H,12H2,1-2H3,(H,13,15)(H,17,18)/t4-,6-,8-,9-,10?/m1/s1. The summed E-state index contributed by atoms with van der Waals surface area (Å²) in [5.74, 6) is -2.25. The van der Waals surface area contributed by atoms with Gasteiger partial charge in [0.2, 0.25) is 11.7 Å².